The third-order valence-corrected chi connectivity index (χ3v) is 2.67. The predicted octanol–water partition coefficient (Wildman–Crippen LogP) is 3.05. The maximum atomic E-state index is 13.2. The zero-order chi connectivity index (χ0) is 14.2. The molecule has 0 bridgehead atoms. The van der Waals surface area contributed by atoms with Crippen LogP contribution in [0.25, 0.3) is 5.69 Å². The Bertz CT molecular complexity index is 587. The van der Waals surface area contributed by atoms with Crippen molar-refractivity contribution >= 4 is 0 Å². The summed E-state index contributed by atoms with van der Waals surface area (Å²) < 4.78 is 52.5. The van der Waals surface area contributed by atoms with E-state index in [1.54, 1.807) is 6.92 Å². The van der Waals surface area contributed by atoms with Crippen molar-refractivity contribution in [2.75, 3.05) is 0 Å². The Kier molecular flexibility index (Phi) is 3.32. The lowest BCUT2D eigenvalue weighted by Gasteiger charge is -2.13. The molecule has 0 saturated heterocycles. The number of aromatic nitrogens is 2. The molecule has 2 N–H and O–H groups in total. The van der Waals surface area contributed by atoms with Crippen LogP contribution in [0.3, 0.4) is 0 Å². The van der Waals surface area contributed by atoms with E-state index in [4.69, 9.17) is 5.73 Å². The Hall–Kier alpha value is -1.89. The normalized spacial score (nSPS) is 13.6. The van der Waals surface area contributed by atoms with Crippen LogP contribution in [0.1, 0.15) is 24.2 Å². The van der Waals surface area contributed by atoms with Gasteiger partial charge in [0.25, 0.3) is 0 Å². The van der Waals surface area contributed by atoms with E-state index in [1.807, 2.05) is 0 Å². The number of alkyl halides is 3. The van der Waals surface area contributed by atoms with Gasteiger partial charge < -0.3 is 10.3 Å². The molecule has 19 heavy (non-hydrogen) atoms. The quantitative estimate of drug-likeness (QED) is 0.855. The molecule has 0 aliphatic rings. The van der Waals surface area contributed by atoms with Crippen LogP contribution >= 0.6 is 0 Å². The molecule has 0 radical (unpaired) electrons. The Morgan fingerprint density at radius 1 is 1.32 bits per heavy atom. The fourth-order valence-corrected chi connectivity index (χ4v) is 1.74. The number of imidazole rings is 1. The molecule has 2 aromatic rings. The third-order valence-electron chi connectivity index (χ3n) is 2.67. The monoisotopic (exact) mass is 273 g/mol. The first-order chi connectivity index (χ1) is 8.80. The van der Waals surface area contributed by atoms with Gasteiger partial charge in [-0.05, 0) is 25.1 Å². The minimum atomic E-state index is -4.74. The number of nitrogens with two attached hydrogens (primary N) is 1. The van der Waals surface area contributed by atoms with E-state index in [1.165, 1.54) is 23.2 Å². The van der Waals surface area contributed by atoms with Crippen molar-refractivity contribution in [3.63, 3.8) is 0 Å². The fourth-order valence-electron chi connectivity index (χ4n) is 1.74. The van der Waals surface area contributed by atoms with Gasteiger partial charge >= 0.3 is 6.18 Å². The maximum Gasteiger partial charge on any atom is 0.419 e. The summed E-state index contributed by atoms with van der Waals surface area (Å²) in [6.45, 7) is 1.68. The molecule has 2 rings (SSSR count). The topological polar surface area (TPSA) is 43.8 Å². The van der Waals surface area contributed by atoms with E-state index < -0.39 is 23.6 Å². The summed E-state index contributed by atoms with van der Waals surface area (Å²) in [7, 11) is 0. The molecule has 7 heteroatoms. The average Bonchev–Trinajstić information content (AvgIpc) is 2.77. The Balaban J connectivity index is 2.55. The summed E-state index contributed by atoms with van der Waals surface area (Å²) in [5.74, 6) is -1.31. The summed E-state index contributed by atoms with van der Waals surface area (Å²) in [5.41, 5.74) is 5.09. The minimum absolute atomic E-state index is 0.165. The number of nitrogens with zero attached hydrogens (tertiary/aromatic N) is 2. The lowest BCUT2D eigenvalue weighted by atomic mass is 10.1. The van der Waals surface area contributed by atoms with Crippen molar-refractivity contribution < 1.29 is 17.6 Å². The van der Waals surface area contributed by atoms with Crippen LogP contribution in [0, 0.1) is 5.82 Å². The number of rotatable bonds is 2. The molecule has 0 aliphatic carbocycles. The van der Waals surface area contributed by atoms with Crippen molar-refractivity contribution in [2.24, 2.45) is 5.73 Å². The molecule has 1 heterocycles. The van der Waals surface area contributed by atoms with E-state index in [0.717, 1.165) is 12.1 Å². The highest BCUT2D eigenvalue weighted by molar-refractivity contribution is 5.39. The first kappa shape index (κ1) is 13.5. The molecular weight excluding hydrogens is 262 g/mol. The minimum Gasteiger partial charge on any atom is -0.323 e. The summed E-state index contributed by atoms with van der Waals surface area (Å²) in [5, 5.41) is 0. The third kappa shape index (κ3) is 2.60. The van der Waals surface area contributed by atoms with E-state index in [2.05, 4.69) is 4.98 Å². The zero-order valence-corrected chi connectivity index (χ0v) is 9.95. The van der Waals surface area contributed by atoms with E-state index in [0.29, 0.717) is 5.69 Å². The van der Waals surface area contributed by atoms with Gasteiger partial charge in [-0.1, -0.05) is 0 Å². The van der Waals surface area contributed by atoms with Crippen LogP contribution in [-0.2, 0) is 6.18 Å². The van der Waals surface area contributed by atoms with Gasteiger partial charge in [-0.3, -0.25) is 0 Å². The average molecular weight is 273 g/mol. The van der Waals surface area contributed by atoms with Crippen LogP contribution < -0.4 is 5.73 Å². The van der Waals surface area contributed by atoms with Crippen LogP contribution in [0.5, 0.6) is 0 Å². The lowest BCUT2D eigenvalue weighted by Crippen LogP contribution is -2.13. The molecule has 1 atom stereocenters. The van der Waals surface area contributed by atoms with Crippen LogP contribution in [-0.4, -0.2) is 9.55 Å². The zero-order valence-electron chi connectivity index (χ0n) is 9.95. The number of hydrogen-bond acceptors (Lipinski definition) is 2. The Morgan fingerprint density at radius 3 is 2.58 bits per heavy atom. The molecule has 1 aromatic carbocycles. The van der Waals surface area contributed by atoms with Gasteiger partial charge in [0.15, 0.2) is 0 Å². The van der Waals surface area contributed by atoms with E-state index in [-0.39, 0.29) is 5.69 Å². The van der Waals surface area contributed by atoms with Gasteiger partial charge in [-0.15, -0.1) is 0 Å². The highest BCUT2D eigenvalue weighted by Crippen LogP contribution is 2.33. The molecule has 1 aromatic heterocycles. The molecular formula is C12H11F4N3. The van der Waals surface area contributed by atoms with Crippen molar-refractivity contribution in [3.05, 3.63) is 47.8 Å². The van der Waals surface area contributed by atoms with E-state index >= 15 is 0 Å². The Morgan fingerprint density at radius 2 is 2.00 bits per heavy atom. The van der Waals surface area contributed by atoms with Gasteiger partial charge in [0, 0.05) is 11.7 Å². The van der Waals surface area contributed by atoms with Gasteiger partial charge in [0.2, 0.25) is 0 Å². The predicted molar refractivity (Wildman–Crippen MR) is 61.1 cm³/mol. The highest BCUT2D eigenvalue weighted by atomic mass is 19.4. The molecule has 3 nitrogen and oxygen atoms in total. The number of halogens is 4. The smallest absolute Gasteiger partial charge is 0.323 e. The van der Waals surface area contributed by atoms with Crippen molar-refractivity contribution in [1.82, 2.24) is 9.55 Å². The van der Waals surface area contributed by atoms with Crippen molar-refractivity contribution in [1.29, 1.82) is 0 Å². The second-order valence-corrected chi connectivity index (χ2v) is 4.14. The van der Waals surface area contributed by atoms with Gasteiger partial charge in [0.1, 0.15) is 5.82 Å². The SMILES string of the molecule is CC(N)c1cncn1-c1ccc(F)c(C(F)(F)F)c1. The maximum absolute atomic E-state index is 13.2. The van der Waals surface area contributed by atoms with Crippen LogP contribution in [0.15, 0.2) is 30.7 Å². The lowest BCUT2D eigenvalue weighted by molar-refractivity contribution is -0.140. The van der Waals surface area contributed by atoms with Crippen molar-refractivity contribution in [3.8, 4) is 5.69 Å². The highest BCUT2D eigenvalue weighted by Gasteiger charge is 2.34. The second kappa shape index (κ2) is 4.65. The van der Waals surface area contributed by atoms with Crippen LogP contribution in [0.2, 0.25) is 0 Å². The first-order valence-corrected chi connectivity index (χ1v) is 5.45. The largest absolute Gasteiger partial charge is 0.419 e. The molecule has 0 aliphatic heterocycles. The van der Waals surface area contributed by atoms with Crippen molar-refractivity contribution in [2.45, 2.75) is 19.1 Å². The second-order valence-electron chi connectivity index (χ2n) is 4.14. The van der Waals surface area contributed by atoms with Gasteiger partial charge in [-0.25, -0.2) is 9.37 Å². The summed E-state index contributed by atoms with van der Waals surface area (Å²) >= 11 is 0. The summed E-state index contributed by atoms with van der Waals surface area (Å²) in [4.78, 5) is 3.84. The molecule has 0 fully saturated rings. The Labute approximate surface area is 106 Å². The standard InChI is InChI=1S/C12H11F4N3/c1-7(17)11-5-18-6-19(11)8-2-3-10(13)9(4-8)12(14,15)16/h2-7H,17H2,1H3. The first-order valence-electron chi connectivity index (χ1n) is 5.45. The molecule has 0 spiro atoms. The molecule has 0 saturated carbocycles. The molecule has 1 unspecified atom stereocenters. The van der Waals surface area contributed by atoms with Crippen LogP contribution in [0.4, 0.5) is 17.6 Å². The number of benzene rings is 1. The fraction of sp³-hybridized carbons (Fsp3) is 0.250. The van der Waals surface area contributed by atoms with Gasteiger partial charge in [-0.2, -0.15) is 13.2 Å². The number of hydrogen-bond donors (Lipinski definition) is 1. The van der Waals surface area contributed by atoms with Gasteiger partial charge in [0.05, 0.1) is 23.8 Å². The summed E-state index contributed by atoms with van der Waals surface area (Å²) in [6, 6.07) is 2.37. The van der Waals surface area contributed by atoms with E-state index in [9.17, 15) is 17.6 Å². The summed E-state index contributed by atoms with van der Waals surface area (Å²) in [6.07, 6.45) is -1.94. The molecule has 0 amide bonds. The molecule has 102 valence electrons.